The van der Waals surface area contributed by atoms with Crippen LogP contribution in [0.5, 0.6) is 0 Å². The van der Waals surface area contributed by atoms with Gasteiger partial charge in [0.05, 0.1) is 16.7 Å². The molecule has 17 heavy (non-hydrogen) atoms. The van der Waals surface area contributed by atoms with E-state index in [1.165, 1.54) is 6.07 Å². The van der Waals surface area contributed by atoms with Crippen LogP contribution in [-0.4, -0.2) is 23.7 Å². The van der Waals surface area contributed by atoms with Crippen molar-refractivity contribution in [2.24, 2.45) is 5.92 Å². The van der Waals surface area contributed by atoms with Gasteiger partial charge >= 0.3 is 0 Å². The molecular formula is C12H15Cl2NO2. The summed E-state index contributed by atoms with van der Waals surface area (Å²) in [4.78, 5) is 11.8. The fourth-order valence-electron chi connectivity index (χ4n) is 1.20. The van der Waals surface area contributed by atoms with E-state index in [-0.39, 0.29) is 18.4 Å². The van der Waals surface area contributed by atoms with Gasteiger partial charge in [-0.1, -0.05) is 37.0 Å². The smallest absolute Gasteiger partial charge is 0.252 e. The minimum absolute atomic E-state index is 0.0935. The highest BCUT2D eigenvalue weighted by Gasteiger charge is 2.14. The van der Waals surface area contributed by atoms with Crippen LogP contribution < -0.4 is 5.32 Å². The number of halogens is 2. The zero-order valence-corrected chi connectivity index (χ0v) is 11.2. The lowest BCUT2D eigenvalue weighted by molar-refractivity contribution is 0.0872. The van der Waals surface area contributed by atoms with E-state index in [4.69, 9.17) is 23.2 Å². The number of amides is 1. The third kappa shape index (κ3) is 4.19. The number of nitrogens with one attached hydrogen (secondary N) is 1. The molecule has 0 aliphatic heterocycles. The molecule has 0 bridgehead atoms. The minimum atomic E-state index is -0.565. The van der Waals surface area contributed by atoms with Crippen LogP contribution in [0, 0.1) is 5.92 Å². The Morgan fingerprint density at radius 3 is 2.59 bits per heavy atom. The number of carbonyl (C=O) groups is 1. The summed E-state index contributed by atoms with van der Waals surface area (Å²) in [6.07, 6.45) is -0.565. The molecule has 0 aliphatic carbocycles. The Bertz CT molecular complexity index is 407. The maximum absolute atomic E-state index is 11.8. The van der Waals surface area contributed by atoms with Gasteiger partial charge in [0.2, 0.25) is 0 Å². The van der Waals surface area contributed by atoms with E-state index in [0.717, 1.165) is 0 Å². The van der Waals surface area contributed by atoms with Crippen molar-refractivity contribution in [1.82, 2.24) is 5.32 Å². The predicted molar refractivity (Wildman–Crippen MR) is 69.6 cm³/mol. The molecule has 5 heteroatoms. The second kappa shape index (κ2) is 6.24. The van der Waals surface area contributed by atoms with Crippen molar-refractivity contribution >= 4 is 29.1 Å². The second-order valence-electron chi connectivity index (χ2n) is 4.15. The van der Waals surface area contributed by atoms with E-state index in [9.17, 15) is 9.90 Å². The Morgan fingerprint density at radius 1 is 1.41 bits per heavy atom. The molecule has 0 aliphatic rings. The Balaban J connectivity index is 2.64. The molecule has 94 valence electrons. The van der Waals surface area contributed by atoms with E-state index in [1.54, 1.807) is 12.1 Å². The standard InChI is InChI=1S/C12H15Cl2NO2/c1-7(2)11(16)6-15-12(17)9-4-3-8(13)5-10(9)14/h3-5,7,11,16H,6H2,1-2H3,(H,15,17). The first-order valence-corrected chi connectivity index (χ1v) is 6.08. The van der Waals surface area contributed by atoms with Crippen molar-refractivity contribution in [1.29, 1.82) is 0 Å². The Hall–Kier alpha value is -0.770. The van der Waals surface area contributed by atoms with Crippen molar-refractivity contribution in [3.8, 4) is 0 Å². The molecule has 0 radical (unpaired) electrons. The average Bonchev–Trinajstić information content (AvgIpc) is 2.25. The molecular weight excluding hydrogens is 261 g/mol. The first-order valence-electron chi connectivity index (χ1n) is 5.33. The molecule has 1 unspecified atom stereocenters. The van der Waals surface area contributed by atoms with Crippen molar-refractivity contribution < 1.29 is 9.90 Å². The lowest BCUT2D eigenvalue weighted by Crippen LogP contribution is -2.34. The van der Waals surface area contributed by atoms with Crippen LogP contribution in [0.3, 0.4) is 0 Å². The number of rotatable bonds is 4. The van der Waals surface area contributed by atoms with Crippen molar-refractivity contribution in [3.05, 3.63) is 33.8 Å². The molecule has 0 heterocycles. The maximum Gasteiger partial charge on any atom is 0.252 e. The number of aliphatic hydroxyl groups is 1. The first-order chi connectivity index (χ1) is 7.91. The van der Waals surface area contributed by atoms with Crippen LogP contribution in [0.1, 0.15) is 24.2 Å². The predicted octanol–water partition coefficient (Wildman–Crippen LogP) is 2.74. The Morgan fingerprint density at radius 2 is 2.06 bits per heavy atom. The van der Waals surface area contributed by atoms with Gasteiger partial charge in [-0.25, -0.2) is 0 Å². The van der Waals surface area contributed by atoms with Gasteiger partial charge < -0.3 is 10.4 Å². The number of carbonyl (C=O) groups excluding carboxylic acids is 1. The summed E-state index contributed by atoms with van der Waals surface area (Å²) in [7, 11) is 0. The third-order valence-electron chi connectivity index (χ3n) is 2.42. The topological polar surface area (TPSA) is 49.3 Å². The Kier molecular flexibility index (Phi) is 5.25. The van der Waals surface area contributed by atoms with Crippen molar-refractivity contribution in [3.63, 3.8) is 0 Å². The van der Waals surface area contributed by atoms with Gasteiger partial charge in [0.25, 0.3) is 5.91 Å². The van der Waals surface area contributed by atoms with E-state index in [1.807, 2.05) is 13.8 Å². The molecule has 0 aromatic heterocycles. The maximum atomic E-state index is 11.8. The zero-order valence-electron chi connectivity index (χ0n) is 9.71. The minimum Gasteiger partial charge on any atom is -0.391 e. The molecule has 3 nitrogen and oxygen atoms in total. The van der Waals surface area contributed by atoms with Gasteiger partial charge in [0, 0.05) is 11.6 Å². The summed E-state index contributed by atoms with van der Waals surface area (Å²) in [5.74, 6) is -0.220. The van der Waals surface area contributed by atoms with Gasteiger partial charge in [-0.2, -0.15) is 0 Å². The second-order valence-corrected chi connectivity index (χ2v) is 4.99. The summed E-state index contributed by atoms with van der Waals surface area (Å²) in [5, 5.41) is 13.0. The monoisotopic (exact) mass is 275 g/mol. The van der Waals surface area contributed by atoms with Gasteiger partial charge in [-0.3, -0.25) is 4.79 Å². The highest BCUT2D eigenvalue weighted by molar-refractivity contribution is 6.36. The third-order valence-corrected chi connectivity index (χ3v) is 2.96. The lowest BCUT2D eigenvalue weighted by atomic mass is 10.1. The largest absolute Gasteiger partial charge is 0.391 e. The van der Waals surface area contributed by atoms with Gasteiger partial charge in [-0.15, -0.1) is 0 Å². The molecule has 1 atom stereocenters. The van der Waals surface area contributed by atoms with Crippen LogP contribution in [0.4, 0.5) is 0 Å². The van der Waals surface area contributed by atoms with Crippen LogP contribution in [-0.2, 0) is 0 Å². The first kappa shape index (κ1) is 14.3. The number of hydrogen-bond acceptors (Lipinski definition) is 2. The molecule has 1 rings (SSSR count). The highest BCUT2D eigenvalue weighted by Crippen LogP contribution is 2.20. The van der Waals surface area contributed by atoms with Gasteiger partial charge in [0.15, 0.2) is 0 Å². The van der Waals surface area contributed by atoms with Crippen LogP contribution >= 0.6 is 23.2 Å². The molecule has 2 N–H and O–H groups in total. The van der Waals surface area contributed by atoms with E-state index < -0.39 is 6.10 Å². The number of benzene rings is 1. The molecule has 0 spiro atoms. The molecule has 1 aromatic rings. The summed E-state index contributed by atoms with van der Waals surface area (Å²) < 4.78 is 0. The van der Waals surface area contributed by atoms with Crippen LogP contribution in [0.2, 0.25) is 10.0 Å². The quantitative estimate of drug-likeness (QED) is 0.888. The number of aliphatic hydroxyl groups excluding tert-OH is 1. The van der Waals surface area contributed by atoms with E-state index >= 15 is 0 Å². The molecule has 0 saturated carbocycles. The summed E-state index contributed by atoms with van der Waals surface area (Å²) in [6, 6.07) is 4.67. The zero-order chi connectivity index (χ0) is 13.0. The summed E-state index contributed by atoms with van der Waals surface area (Å²) in [6.45, 7) is 3.97. The van der Waals surface area contributed by atoms with E-state index in [2.05, 4.69) is 5.32 Å². The van der Waals surface area contributed by atoms with E-state index in [0.29, 0.717) is 15.6 Å². The fraction of sp³-hybridized carbons (Fsp3) is 0.417. The molecule has 0 fully saturated rings. The van der Waals surface area contributed by atoms with Crippen LogP contribution in [0.25, 0.3) is 0 Å². The average molecular weight is 276 g/mol. The SMILES string of the molecule is CC(C)C(O)CNC(=O)c1ccc(Cl)cc1Cl. The molecule has 1 amide bonds. The van der Waals surface area contributed by atoms with Gasteiger partial charge in [0.1, 0.15) is 0 Å². The summed E-state index contributed by atoms with van der Waals surface area (Å²) >= 11 is 11.6. The highest BCUT2D eigenvalue weighted by atomic mass is 35.5. The van der Waals surface area contributed by atoms with Crippen LogP contribution in [0.15, 0.2) is 18.2 Å². The molecule has 1 aromatic carbocycles. The summed E-state index contributed by atoms with van der Waals surface area (Å²) in [5.41, 5.74) is 0.354. The normalized spacial score (nSPS) is 12.6. The fourth-order valence-corrected chi connectivity index (χ4v) is 1.70. The Labute approximate surface area is 111 Å². The number of hydrogen-bond donors (Lipinski definition) is 2. The molecule has 0 saturated heterocycles. The van der Waals surface area contributed by atoms with Crippen molar-refractivity contribution in [2.45, 2.75) is 20.0 Å². The van der Waals surface area contributed by atoms with Gasteiger partial charge in [-0.05, 0) is 24.1 Å². The lowest BCUT2D eigenvalue weighted by Gasteiger charge is -2.15. The van der Waals surface area contributed by atoms with Crippen molar-refractivity contribution in [2.75, 3.05) is 6.54 Å².